The summed E-state index contributed by atoms with van der Waals surface area (Å²) < 4.78 is 21.6. The first-order valence-electron chi connectivity index (χ1n) is 9.17. The molecule has 0 saturated carbocycles. The van der Waals surface area contributed by atoms with E-state index < -0.39 is 37.3 Å². The molecule has 0 amide bonds. The van der Waals surface area contributed by atoms with Crippen molar-refractivity contribution in [3.8, 4) is 0 Å². The molecule has 0 fully saturated rings. The Kier molecular flexibility index (Phi) is 9.56. The lowest BCUT2D eigenvalue weighted by molar-refractivity contribution is -0.148. The minimum atomic E-state index is -0.713. The van der Waals surface area contributed by atoms with Crippen molar-refractivity contribution in [1.29, 1.82) is 0 Å². The van der Waals surface area contributed by atoms with Crippen molar-refractivity contribution in [2.75, 3.05) is 26.4 Å². The normalized spacial score (nSPS) is 10.3. The Bertz CT molecular complexity index is 736. The molecule has 0 aliphatic rings. The molecule has 0 saturated heterocycles. The van der Waals surface area contributed by atoms with E-state index in [1.165, 1.54) is 37.4 Å². The molecule has 0 unspecified atom stereocenters. The SMILES string of the molecule is O=C(COC(=O)n1ccnc1)OCCCCCCOC(=O)COC(=O)n1ccnc1. The molecule has 0 N–H and O–H groups in total. The molecular weight excluding hydrogens is 400 g/mol. The van der Waals surface area contributed by atoms with Gasteiger partial charge < -0.3 is 18.9 Å². The monoisotopic (exact) mass is 422 g/mol. The Balaban J connectivity index is 1.39. The van der Waals surface area contributed by atoms with Crippen molar-refractivity contribution < 1.29 is 38.1 Å². The van der Waals surface area contributed by atoms with Gasteiger partial charge in [0.15, 0.2) is 13.2 Å². The lowest BCUT2D eigenvalue weighted by Crippen LogP contribution is -2.20. The van der Waals surface area contributed by atoms with E-state index in [9.17, 15) is 19.2 Å². The van der Waals surface area contributed by atoms with E-state index in [0.29, 0.717) is 12.8 Å². The zero-order valence-electron chi connectivity index (χ0n) is 16.2. The fourth-order valence-electron chi connectivity index (χ4n) is 2.14. The van der Waals surface area contributed by atoms with Gasteiger partial charge in [0.2, 0.25) is 0 Å². The Morgan fingerprint density at radius 2 is 1.07 bits per heavy atom. The predicted octanol–water partition coefficient (Wildman–Crippen LogP) is 1.40. The second-order valence-corrected chi connectivity index (χ2v) is 5.90. The van der Waals surface area contributed by atoms with Gasteiger partial charge in [0.1, 0.15) is 12.7 Å². The van der Waals surface area contributed by atoms with Crippen LogP contribution in [-0.2, 0) is 28.5 Å². The average Bonchev–Trinajstić information content (AvgIpc) is 3.46. The largest absolute Gasteiger partial charge is 0.463 e. The number of unbranched alkanes of at least 4 members (excludes halogenated alkanes) is 3. The van der Waals surface area contributed by atoms with Gasteiger partial charge in [-0.1, -0.05) is 0 Å². The first kappa shape index (κ1) is 22.6. The smallest absolute Gasteiger partial charge is 0.419 e. The minimum absolute atomic E-state index is 0.200. The molecule has 12 nitrogen and oxygen atoms in total. The van der Waals surface area contributed by atoms with Gasteiger partial charge >= 0.3 is 24.1 Å². The standard InChI is InChI=1S/C18H22N4O8/c23-15(11-29-17(25)21-7-5-19-13-21)27-9-3-1-2-4-10-28-16(24)12-30-18(26)22-8-6-20-14-22/h5-8,13-14H,1-4,9-12H2. The van der Waals surface area contributed by atoms with Gasteiger partial charge in [-0.25, -0.2) is 38.3 Å². The fraction of sp³-hybridized carbons (Fsp3) is 0.444. The van der Waals surface area contributed by atoms with Crippen molar-refractivity contribution >= 4 is 24.1 Å². The second kappa shape index (κ2) is 12.7. The Hall–Kier alpha value is -3.70. The molecule has 2 rings (SSSR count). The van der Waals surface area contributed by atoms with Gasteiger partial charge in [0.05, 0.1) is 13.2 Å². The summed E-state index contributed by atoms with van der Waals surface area (Å²) in [7, 11) is 0. The van der Waals surface area contributed by atoms with Gasteiger partial charge in [-0.3, -0.25) is 0 Å². The van der Waals surface area contributed by atoms with Crippen LogP contribution < -0.4 is 0 Å². The number of hydrogen-bond acceptors (Lipinski definition) is 10. The van der Waals surface area contributed by atoms with E-state index in [1.54, 1.807) is 0 Å². The van der Waals surface area contributed by atoms with Crippen LogP contribution in [-0.4, -0.2) is 69.7 Å². The Morgan fingerprint density at radius 3 is 1.43 bits per heavy atom. The molecule has 2 aromatic rings. The summed E-state index contributed by atoms with van der Waals surface area (Å²) in [5, 5.41) is 0. The second-order valence-electron chi connectivity index (χ2n) is 5.90. The summed E-state index contributed by atoms with van der Waals surface area (Å²) >= 11 is 0. The molecule has 0 atom stereocenters. The third-order valence-electron chi connectivity index (χ3n) is 3.62. The molecular formula is C18H22N4O8. The molecule has 0 aliphatic carbocycles. The maximum Gasteiger partial charge on any atom is 0.419 e. The van der Waals surface area contributed by atoms with E-state index >= 15 is 0 Å². The number of carbonyl (C=O) groups is 4. The molecule has 2 heterocycles. The minimum Gasteiger partial charge on any atom is -0.463 e. The summed E-state index contributed by atoms with van der Waals surface area (Å²) in [5.74, 6) is -1.27. The molecule has 0 aromatic carbocycles. The maximum absolute atomic E-state index is 11.5. The number of hydrogen-bond donors (Lipinski definition) is 0. The average molecular weight is 422 g/mol. The Labute approximate surface area is 171 Å². The molecule has 12 heteroatoms. The van der Waals surface area contributed by atoms with Crippen LogP contribution in [0.1, 0.15) is 25.7 Å². The number of aromatic nitrogens is 4. The van der Waals surface area contributed by atoms with Crippen LogP contribution in [0.5, 0.6) is 0 Å². The summed E-state index contributed by atoms with van der Waals surface area (Å²) in [5.41, 5.74) is 0. The number of rotatable bonds is 11. The van der Waals surface area contributed by atoms with Crippen LogP contribution >= 0.6 is 0 Å². The first-order valence-corrected chi connectivity index (χ1v) is 9.17. The highest BCUT2D eigenvalue weighted by Gasteiger charge is 2.11. The van der Waals surface area contributed by atoms with E-state index in [4.69, 9.17) is 18.9 Å². The molecule has 0 spiro atoms. The van der Waals surface area contributed by atoms with Crippen molar-refractivity contribution in [3.05, 3.63) is 37.4 Å². The third-order valence-corrected chi connectivity index (χ3v) is 3.62. The molecule has 30 heavy (non-hydrogen) atoms. The molecule has 0 bridgehead atoms. The molecule has 0 aliphatic heterocycles. The van der Waals surface area contributed by atoms with Gasteiger partial charge in [-0.15, -0.1) is 0 Å². The van der Waals surface area contributed by atoms with Crippen molar-refractivity contribution in [1.82, 2.24) is 19.1 Å². The number of carbonyl (C=O) groups excluding carboxylic acids is 4. The van der Waals surface area contributed by atoms with Crippen molar-refractivity contribution in [2.45, 2.75) is 25.7 Å². The summed E-state index contributed by atoms with van der Waals surface area (Å²) in [6.07, 6.45) is 9.50. The number of esters is 2. The van der Waals surface area contributed by atoms with Gasteiger partial charge in [0.25, 0.3) is 0 Å². The third kappa shape index (κ3) is 8.54. The topological polar surface area (TPSA) is 141 Å². The number of nitrogens with zero attached hydrogens (tertiary/aromatic N) is 4. The van der Waals surface area contributed by atoms with Crippen molar-refractivity contribution in [3.63, 3.8) is 0 Å². The number of ether oxygens (including phenoxy) is 4. The van der Waals surface area contributed by atoms with Crippen LogP contribution in [0.3, 0.4) is 0 Å². The van der Waals surface area contributed by atoms with E-state index in [0.717, 1.165) is 22.0 Å². The first-order chi connectivity index (χ1) is 14.6. The van der Waals surface area contributed by atoms with E-state index in [2.05, 4.69) is 9.97 Å². The van der Waals surface area contributed by atoms with Crippen LogP contribution in [0.2, 0.25) is 0 Å². The van der Waals surface area contributed by atoms with Gasteiger partial charge in [-0.2, -0.15) is 0 Å². The van der Waals surface area contributed by atoms with Crippen LogP contribution in [0.25, 0.3) is 0 Å². The van der Waals surface area contributed by atoms with Crippen LogP contribution in [0, 0.1) is 0 Å². The maximum atomic E-state index is 11.5. The highest BCUT2D eigenvalue weighted by Crippen LogP contribution is 2.02. The van der Waals surface area contributed by atoms with Gasteiger partial charge in [-0.05, 0) is 25.7 Å². The van der Waals surface area contributed by atoms with E-state index in [1.807, 2.05) is 0 Å². The molecule has 162 valence electrons. The summed E-state index contributed by atoms with van der Waals surface area (Å²) in [6, 6.07) is 0. The summed E-state index contributed by atoms with van der Waals surface area (Å²) in [4.78, 5) is 53.3. The van der Waals surface area contributed by atoms with Crippen molar-refractivity contribution in [2.24, 2.45) is 0 Å². The zero-order valence-corrected chi connectivity index (χ0v) is 16.2. The highest BCUT2D eigenvalue weighted by molar-refractivity contribution is 5.77. The lowest BCUT2D eigenvalue weighted by atomic mass is 10.2. The highest BCUT2D eigenvalue weighted by atomic mass is 16.6. The quantitative estimate of drug-likeness (QED) is 0.296. The van der Waals surface area contributed by atoms with Gasteiger partial charge in [0, 0.05) is 24.8 Å². The fourth-order valence-corrected chi connectivity index (χ4v) is 2.14. The van der Waals surface area contributed by atoms with Crippen LogP contribution in [0.15, 0.2) is 37.4 Å². The van der Waals surface area contributed by atoms with Crippen LogP contribution in [0.4, 0.5) is 9.59 Å². The summed E-state index contributed by atoms with van der Waals surface area (Å²) in [6.45, 7) is -0.548. The molecule has 0 radical (unpaired) electrons. The Morgan fingerprint density at radius 1 is 0.633 bits per heavy atom. The number of imidazole rings is 2. The predicted molar refractivity (Wildman–Crippen MR) is 98.3 cm³/mol. The zero-order chi connectivity index (χ0) is 21.6. The lowest BCUT2D eigenvalue weighted by Gasteiger charge is -2.07. The molecule has 2 aromatic heterocycles. The van der Waals surface area contributed by atoms with E-state index in [-0.39, 0.29) is 13.2 Å².